The van der Waals surface area contributed by atoms with Crippen LogP contribution < -0.4 is 0 Å². The van der Waals surface area contributed by atoms with E-state index in [1.807, 2.05) is 38.1 Å². The SMILES string of the molecule is CC(C)C(=O)CCCCc1ccc(Cl)cc1. The van der Waals surface area contributed by atoms with E-state index in [1.54, 1.807) is 0 Å². The fourth-order valence-electron chi connectivity index (χ4n) is 1.57. The van der Waals surface area contributed by atoms with Gasteiger partial charge in [-0.05, 0) is 37.0 Å². The number of halogens is 1. The molecule has 2 heteroatoms. The van der Waals surface area contributed by atoms with Crippen molar-refractivity contribution in [2.75, 3.05) is 0 Å². The number of aryl methyl sites for hydroxylation is 1. The predicted molar refractivity (Wildman–Crippen MR) is 68.9 cm³/mol. The molecule has 1 rings (SSSR count). The number of Topliss-reactive ketones (excluding diaryl/α,β-unsaturated/α-hetero) is 1. The van der Waals surface area contributed by atoms with Crippen LogP contribution in [0.5, 0.6) is 0 Å². The molecule has 1 nitrogen and oxygen atoms in total. The van der Waals surface area contributed by atoms with Crippen LogP contribution >= 0.6 is 11.6 Å². The zero-order valence-electron chi connectivity index (χ0n) is 10.0. The Labute approximate surface area is 103 Å². The Balaban J connectivity index is 2.21. The summed E-state index contributed by atoms with van der Waals surface area (Å²) in [6.07, 6.45) is 3.80. The molecule has 0 heterocycles. The van der Waals surface area contributed by atoms with Crippen molar-refractivity contribution in [2.45, 2.75) is 39.5 Å². The minimum absolute atomic E-state index is 0.176. The molecular formula is C14H19ClO. The molecule has 0 saturated heterocycles. The first-order valence-electron chi connectivity index (χ1n) is 5.86. The third-order valence-corrected chi connectivity index (χ3v) is 2.95. The summed E-state index contributed by atoms with van der Waals surface area (Å²) in [6.45, 7) is 3.92. The molecule has 0 aliphatic rings. The lowest BCUT2D eigenvalue weighted by Crippen LogP contribution is -2.06. The summed E-state index contributed by atoms with van der Waals surface area (Å²) in [5.74, 6) is 0.548. The topological polar surface area (TPSA) is 17.1 Å². The molecular weight excluding hydrogens is 220 g/mol. The van der Waals surface area contributed by atoms with Crippen molar-refractivity contribution in [2.24, 2.45) is 5.92 Å². The van der Waals surface area contributed by atoms with Crippen LogP contribution in [-0.2, 0) is 11.2 Å². The van der Waals surface area contributed by atoms with Gasteiger partial charge in [-0.15, -0.1) is 0 Å². The quantitative estimate of drug-likeness (QED) is 0.677. The minimum Gasteiger partial charge on any atom is -0.299 e. The van der Waals surface area contributed by atoms with Crippen molar-refractivity contribution in [3.05, 3.63) is 34.9 Å². The van der Waals surface area contributed by atoms with Crippen LogP contribution in [0, 0.1) is 5.92 Å². The van der Waals surface area contributed by atoms with Gasteiger partial charge in [0.15, 0.2) is 0 Å². The molecule has 1 aromatic carbocycles. The Morgan fingerprint density at radius 1 is 1.19 bits per heavy atom. The molecule has 0 unspecified atom stereocenters. The lowest BCUT2D eigenvalue weighted by molar-refractivity contribution is -0.122. The second-order valence-electron chi connectivity index (χ2n) is 4.45. The Hall–Kier alpha value is -0.820. The van der Waals surface area contributed by atoms with Gasteiger partial charge in [-0.25, -0.2) is 0 Å². The number of carbonyl (C=O) groups excluding carboxylic acids is 1. The molecule has 0 N–H and O–H groups in total. The van der Waals surface area contributed by atoms with Crippen molar-refractivity contribution in [1.82, 2.24) is 0 Å². The highest BCUT2D eigenvalue weighted by Gasteiger charge is 2.05. The maximum Gasteiger partial charge on any atom is 0.135 e. The highest BCUT2D eigenvalue weighted by Crippen LogP contribution is 2.13. The van der Waals surface area contributed by atoms with Gasteiger partial charge in [0.05, 0.1) is 0 Å². The lowest BCUT2D eigenvalue weighted by Gasteiger charge is -2.04. The molecule has 1 aromatic rings. The Bertz CT molecular complexity index is 327. The maximum atomic E-state index is 11.4. The summed E-state index contributed by atoms with van der Waals surface area (Å²) < 4.78 is 0. The van der Waals surface area contributed by atoms with Gasteiger partial charge in [-0.2, -0.15) is 0 Å². The molecule has 0 radical (unpaired) electrons. The Kier molecular flexibility index (Phi) is 5.54. The second kappa shape index (κ2) is 6.70. The van der Waals surface area contributed by atoms with E-state index in [9.17, 15) is 4.79 Å². The van der Waals surface area contributed by atoms with E-state index in [4.69, 9.17) is 11.6 Å². The molecule has 88 valence electrons. The van der Waals surface area contributed by atoms with Gasteiger partial charge in [0.1, 0.15) is 5.78 Å². The van der Waals surface area contributed by atoms with Gasteiger partial charge in [0.2, 0.25) is 0 Å². The van der Waals surface area contributed by atoms with E-state index in [-0.39, 0.29) is 5.92 Å². The summed E-state index contributed by atoms with van der Waals surface area (Å²) >= 11 is 5.80. The van der Waals surface area contributed by atoms with Crippen molar-refractivity contribution < 1.29 is 4.79 Å². The molecule has 0 aliphatic heterocycles. The second-order valence-corrected chi connectivity index (χ2v) is 4.89. The van der Waals surface area contributed by atoms with Gasteiger partial charge >= 0.3 is 0 Å². The van der Waals surface area contributed by atoms with Crippen LogP contribution in [0.1, 0.15) is 38.7 Å². The minimum atomic E-state index is 0.176. The number of ketones is 1. The Morgan fingerprint density at radius 3 is 2.38 bits per heavy atom. The predicted octanol–water partition coefficient (Wildman–Crippen LogP) is 4.28. The number of rotatable bonds is 6. The largest absolute Gasteiger partial charge is 0.299 e. The fraction of sp³-hybridized carbons (Fsp3) is 0.500. The fourth-order valence-corrected chi connectivity index (χ4v) is 1.69. The molecule has 0 aromatic heterocycles. The smallest absolute Gasteiger partial charge is 0.135 e. The Morgan fingerprint density at radius 2 is 1.81 bits per heavy atom. The highest BCUT2D eigenvalue weighted by molar-refractivity contribution is 6.30. The number of unbranched alkanes of at least 4 members (excludes halogenated alkanes) is 1. The van der Waals surface area contributed by atoms with Crippen molar-refractivity contribution in [1.29, 1.82) is 0 Å². The molecule has 0 spiro atoms. The normalized spacial score (nSPS) is 10.8. The third-order valence-electron chi connectivity index (χ3n) is 2.70. The van der Waals surface area contributed by atoms with E-state index in [0.29, 0.717) is 12.2 Å². The van der Waals surface area contributed by atoms with Crippen LogP contribution in [0.4, 0.5) is 0 Å². The summed E-state index contributed by atoms with van der Waals surface area (Å²) in [7, 11) is 0. The number of hydrogen-bond acceptors (Lipinski definition) is 1. The lowest BCUT2D eigenvalue weighted by atomic mass is 10.0. The molecule has 16 heavy (non-hydrogen) atoms. The monoisotopic (exact) mass is 238 g/mol. The number of hydrogen-bond donors (Lipinski definition) is 0. The molecule has 0 bridgehead atoms. The zero-order valence-corrected chi connectivity index (χ0v) is 10.8. The standard InChI is InChI=1S/C14H19ClO/c1-11(2)14(16)6-4-3-5-12-7-9-13(15)10-8-12/h7-11H,3-6H2,1-2H3. The third kappa shape index (κ3) is 4.80. The summed E-state index contributed by atoms with van der Waals surface area (Å²) in [5.41, 5.74) is 1.29. The highest BCUT2D eigenvalue weighted by atomic mass is 35.5. The van der Waals surface area contributed by atoms with Gasteiger partial charge in [0, 0.05) is 17.4 Å². The maximum absolute atomic E-state index is 11.4. The van der Waals surface area contributed by atoms with Gasteiger partial charge < -0.3 is 0 Å². The van der Waals surface area contributed by atoms with Crippen LogP contribution in [0.25, 0.3) is 0 Å². The average molecular weight is 239 g/mol. The average Bonchev–Trinajstić information content (AvgIpc) is 2.26. The van der Waals surface area contributed by atoms with Crippen molar-refractivity contribution in [3.63, 3.8) is 0 Å². The van der Waals surface area contributed by atoms with E-state index in [2.05, 4.69) is 0 Å². The first-order chi connectivity index (χ1) is 7.59. The first kappa shape index (κ1) is 13.2. The molecule has 0 fully saturated rings. The first-order valence-corrected chi connectivity index (χ1v) is 6.24. The van der Waals surface area contributed by atoms with E-state index >= 15 is 0 Å². The number of benzene rings is 1. The van der Waals surface area contributed by atoms with Crippen LogP contribution in [0.15, 0.2) is 24.3 Å². The summed E-state index contributed by atoms with van der Waals surface area (Å²) in [4.78, 5) is 11.4. The molecule has 0 amide bonds. The molecule has 0 saturated carbocycles. The van der Waals surface area contributed by atoms with Crippen molar-refractivity contribution >= 4 is 17.4 Å². The van der Waals surface area contributed by atoms with Gasteiger partial charge in [-0.1, -0.05) is 37.6 Å². The summed E-state index contributed by atoms with van der Waals surface area (Å²) in [5, 5.41) is 0.777. The van der Waals surface area contributed by atoms with E-state index in [1.165, 1.54) is 5.56 Å². The number of carbonyl (C=O) groups is 1. The van der Waals surface area contributed by atoms with E-state index in [0.717, 1.165) is 24.3 Å². The van der Waals surface area contributed by atoms with Crippen LogP contribution in [0.3, 0.4) is 0 Å². The van der Waals surface area contributed by atoms with Crippen LogP contribution in [0.2, 0.25) is 5.02 Å². The molecule has 0 aliphatic carbocycles. The van der Waals surface area contributed by atoms with Crippen molar-refractivity contribution in [3.8, 4) is 0 Å². The van der Waals surface area contributed by atoms with Crippen LogP contribution in [-0.4, -0.2) is 5.78 Å². The van der Waals surface area contributed by atoms with E-state index < -0.39 is 0 Å². The molecule has 0 atom stereocenters. The van der Waals surface area contributed by atoms with Gasteiger partial charge in [0.25, 0.3) is 0 Å². The zero-order chi connectivity index (χ0) is 12.0. The summed E-state index contributed by atoms with van der Waals surface area (Å²) in [6, 6.07) is 7.92. The van der Waals surface area contributed by atoms with Gasteiger partial charge in [-0.3, -0.25) is 4.79 Å².